The van der Waals surface area contributed by atoms with Crippen molar-refractivity contribution in [1.82, 2.24) is 4.90 Å². The van der Waals surface area contributed by atoms with Crippen LogP contribution in [-0.2, 0) is 9.59 Å². The van der Waals surface area contributed by atoms with E-state index >= 15 is 0 Å². The molecule has 3 rings (SSSR count). The molecule has 1 saturated heterocycles. The summed E-state index contributed by atoms with van der Waals surface area (Å²) in [7, 11) is 0. The van der Waals surface area contributed by atoms with Gasteiger partial charge < -0.3 is 10.0 Å². The Morgan fingerprint density at radius 2 is 1.94 bits per heavy atom. The smallest absolute Gasteiger partial charge is 0.303 e. The molecule has 2 saturated carbocycles. The molecule has 4 nitrogen and oxygen atoms in total. The van der Waals surface area contributed by atoms with Crippen LogP contribution in [0.4, 0.5) is 0 Å². The van der Waals surface area contributed by atoms with Gasteiger partial charge in [0.2, 0.25) is 5.91 Å². The van der Waals surface area contributed by atoms with E-state index in [1.54, 1.807) is 0 Å². The Morgan fingerprint density at radius 1 is 1.18 bits per heavy atom. The molecule has 0 aromatic heterocycles. The average Bonchev–Trinajstić information content (AvgIpc) is 2.82. The van der Waals surface area contributed by atoms with Crippen LogP contribution in [0.25, 0.3) is 0 Å². The summed E-state index contributed by atoms with van der Waals surface area (Å²) in [6.45, 7) is 1.33. The van der Waals surface area contributed by atoms with Crippen LogP contribution in [0.1, 0.15) is 32.1 Å². The third-order valence-corrected chi connectivity index (χ3v) is 4.79. The minimum Gasteiger partial charge on any atom is -0.481 e. The Balaban J connectivity index is 1.50. The second-order valence-electron chi connectivity index (χ2n) is 5.99. The number of aliphatic carboxylic acids is 1. The lowest BCUT2D eigenvalue weighted by atomic mass is 9.85. The molecule has 0 spiro atoms. The molecular formula is C13H19NO3. The molecular weight excluding hydrogens is 218 g/mol. The molecule has 94 valence electrons. The van der Waals surface area contributed by atoms with Crippen LogP contribution in [0.3, 0.4) is 0 Å². The zero-order valence-electron chi connectivity index (χ0n) is 9.97. The minimum atomic E-state index is -0.748. The second-order valence-corrected chi connectivity index (χ2v) is 5.99. The maximum Gasteiger partial charge on any atom is 0.303 e. The summed E-state index contributed by atoms with van der Waals surface area (Å²) >= 11 is 0. The number of carboxylic acids is 1. The van der Waals surface area contributed by atoms with E-state index in [0.29, 0.717) is 24.9 Å². The van der Waals surface area contributed by atoms with Gasteiger partial charge in [0, 0.05) is 24.9 Å². The molecule has 3 aliphatic rings. The Hall–Kier alpha value is -1.06. The topological polar surface area (TPSA) is 57.6 Å². The third-order valence-electron chi connectivity index (χ3n) is 4.79. The van der Waals surface area contributed by atoms with Gasteiger partial charge >= 0.3 is 5.97 Å². The molecule has 1 heterocycles. The van der Waals surface area contributed by atoms with Crippen molar-refractivity contribution in [3.63, 3.8) is 0 Å². The number of amides is 1. The van der Waals surface area contributed by atoms with Gasteiger partial charge in [0.25, 0.3) is 0 Å². The molecule has 3 atom stereocenters. The number of likely N-dealkylation sites (tertiary alicyclic amines) is 1. The lowest BCUT2D eigenvalue weighted by Gasteiger charge is -2.41. The summed E-state index contributed by atoms with van der Waals surface area (Å²) in [5, 5.41) is 8.67. The van der Waals surface area contributed by atoms with Gasteiger partial charge in [-0.2, -0.15) is 0 Å². The number of rotatable bonds is 3. The van der Waals surface area contributed by atoms with Crippen molar-refractivity contribution >= 4 is 11.9 Å². The first-order valence-corrected chi connectivity index (χ1v) is 6.64. The van der Waals surface area contributed by atoms with Crippen molar-refractivity contribution in [2.45, 2.75) is 32.1 Å². The number of carbonyl (C=O) groups is 2. The van der Waals surface area contributed by atoms with Gasteiger partial charge in [-0.15, -0.1) is 0 Å². The largest absolute Gasteiger partial charge is 0.481 e. The maximum absolute atomic E-state index is 12.2. The highest BCUT2D eigenvalue weighted by atomic mass is 16.4. The highest BCUT2D eigenvalue weighted by Crippen LogP contribution is 2.49. The molecule has 4 heteroatoms. The van der Waals surface area contributed by atoms with Crippen LogP contribution in [0.5, 0.6) is 0 Å². The van der Waals surface area contributed by atoms with E-state index in [0.717, 1.165) is 12.3 Å². The van der Waals surface area contributed by atoms with E-state index in [9.17, 15) is 9.59 Å². The van der Waals surface area contributed by atoms with Crippen LogP contribution in [0.15, 0.2) is 0 Å². The normalized spacial score (nSPS) is 36.0. The SMILES string of the molecule is O=C(O)CC1CN(C(=O)C2CC3CCC2C3)C1. The molecule has 0 radical (unpaired) electrons. The third kappa shape index (κ3) is 1.94. The van der Waals surface area contributed by atoms with Crippen molar-refractivity contribution in [3.8, 4) is 0 Å². The fourth-order valence-corrected chi connectivity index (χ4v) is 3.91. The molecule has 3 fully saturated rings. The predicted molar refractivity (Wildman–Crippen MR) is 61.3 cm³/mol. The lowest BCUT2D eigenvalue weighted by Crippen LogP contribution is -2.53. The predicted octanol–water partition coefficient (Wildman–Crippen LogP) is 1.36. The van der Waals surface area contributed by atoms with Crippen molar-refractivity contribution in [3.05, 3.63) is 0 Å². The number of carboxylic acid groups (broad SMARTS) is 1. The molecule has 0 aromatic carbocycles. The minimum absolute atomic E-state index is 0.190. The number of hydrogen-bond donors (Lipinski definition) is 1. The van der Waals surface area contributed by atoms with Gasteiger partial charge in [0.1, 0.15) is 0 Å². The van der Waals surface area contributed by atoms with Crippen LogP contribution >= 0.6 is 0 Å². The van der Waals surface area contributed by atoms with Crippen molar-refractivity contribution in [1.29, 1.82) is 0 Å². The van der Waals surface area contributed by atoms with Crippen molar-refractivity contribution < 1.29 is 14.7 Å². The van der Waals surface area contributed by atoms with Gasteiger partial charge in [-0.25, -0.2) is 0 Å². The van der Waals surface area contributed by atoms with Gasteiger partial charge in [-0.05, 0) is 31.1 Å². The first-order valence-electron chi connectivity index (χ1n) is 6.64. The quantitative estimate of drug-likeness (QED) is 0.806. The summed E-state index contributed by atoms with van der Waals surface area (Å²) in [5.74, 6) is 1.44. The van der Waals surface area contributed by atoms with Crippen LogP contribution in [-0.4, -0.2) is 35.0 Å². The van der Waals surface area contributed by atoms with E-state index in [-0.39, 0.29) is 18.3 Å². The first-order chi connectivity index (χ1) is 8.13. The summed E-state index contributed by atoms with van der Waals surface area (Å²) in [4.78, 5) is 24.6. The Labute approximate surface area is 101 Å². The number of nitrogens with zero attached hydrogens (tertiary/aromatic N) is 1. The van der Waals surface area contributed by atoms with Gasteiger partial charge in [-0.1, -0.05) is 6.42 Å². The molecule has 17 heavy (non-hydrogen) atoms. The number of fused-ring (bicyclic) bond motifs is 2. The molecule has 2 aliphatic carbocycles. The van der Waals surface area contributed by atoms with E-state index in [1.807, 2.05) is 4.90 Å². The highest BCUT2D eigenvalue weighted by Gasteiger charge is 2.46. The molecule has 0 aromatic rings. The Morgan fingerprint density at radius 3 is 2.47 bits per heavy atom. The van der Waals surface area contributed by atoms with E-state index in [1.165, 1.54) is 19.3 Å². The van der Waals surface area contributed by atoms with E-state index in [4.69, 9.17) is 5.11 Å². The monoisotopic (exact) mass is 237 g/mol. The summed E-state index contributed by atoms with van der Waals surface area (Å²) in [6, 6.07) is 0. The highest BCUT2D eigenvalue weighted by molar-refractivity contribution is 5.80. The summed E-state index contributed by atoms with van der Waals surface area (Å²) < 4.78 is 0. The maximum atomic E-state index is 12.2. The number of carbonyl (C=O) groups excluding carboxylic acids is 1. The van der Waals surface area contributed by atoms with Crippen LogP contribution < -0.4 is 0 Å². The molecule has 1 amide bonds. The van der Waals surface area contributed by atoms with Gasteiger partial charge in [-0.3, -0.25) is 9.59 Å². The average molecular weight is 237 g/mol. The molecule has 1 N–H and O–H groups in total. The molecule has 2 bridgehead atoms. The fourth-order valence-electron chi connectivity index (χ4n) is 3.91. The van der Waals surface area contributed by atoms with Crippen LogP contribution in [0, 0.1) is 23.7 Å². The number of hydrogen-bond acceptors (Lipinski definition) is 2. The standard InChI is InChI=1S/C13H19NO3/c15-12(16)5-9-6-14(7-9)13(17)11-4-8-1-2-10(11)3-8/h8-11H,1-7H2,(H,15,16). The van der Waals surface area contributed by atoms with Crippen LogP contribution in [0.2, 0.25) is 0 Å². The first kappa shape index (κ1) is 11.1. The van der Waals surface area contributed by atoms with Gasteiger partial charge in [0.15, 0.2) is 0 Å². The van der Waals surface area contributed by atoms with Crippen molar-refractivity contribution in [2.75, 3.05) is 13.1 Å². The zero-order valence-corrected chi connectivity index (χ0v) is 9.97. The Kier molecular flexibility index (Phi) is 2.60. The fraction of sp³-hybridized carbons (Fsp3) is 0.846. The Bertz CT molecular complexity index is 349. The van der Waals surface area contributed by atoms with E-state index in [2.05, 4.69) is 0 Å². The lowest BCUT2D eigenvalue weighted by molar-refractivity contribution is -0.148. The second kappa shape index (κ2) is 4.00. The molecule has 1 aliphatic heterocycles. The van der Waals surface area contributed by atoms with Gasteiger partial charge in [0.05, 0.1) is 6.42 Å². The van der Waals surface area contributed by atoms with Crippen molar-refractivity contribution in [2.24, 2.45) is 23.7 Å². The van der Waals surface area contributed by atoms with E-state index < -0.39 is 5.97 Å². The molecule has 3 unspecified atom stereocenters. The summed E-state index contributed by atoms with van der Waals surface area (Å²) in [6.07, 6.45) is 5.09. The summed E-state index contributed by atoms with van der Waals surface area (Å²) in [5.41, 5.74) is 0. The zero-order chi connectivity index (χ0) is 12.0.